The van der Waals surface area contributed by atoms with E-state index in [0.717, 1.165) is 11.3 Å². The van der Waals surface area contributed by atoms with Gasteiger partial charge in [-0.25, -0.2) is 0 Å². The van der Waals surface area contributed by atoms with Crippen molar-refractivity contribution in [3.8, 4) is 0 Å². The molecule has 0 aliphatic rings. The van der Waals surface area contributed by atoms with Crippen LogP contribution in [-0.4, -0.2) is 22.6 Å². The van der Waals surface area contributed by atoms with Crippen LogP contribution >= 0.6 is 11.3 Å². The van der Waals surface area contributed by atoms with Crippen LogP contribution in [0.15, 0.2) is 0 Å². The number of hydrogen-bond acceptors (Lipinski definition) is 5. The fraction of sp³-hybridized carbons (Fsp3) is 0.625. The molecule has 1 aromatic heterocycles. The van der Waals surface area contributed by atoms with E-state index in [1.807, 2.05) is 20.8 Å². The molecular formula is C8H14N4OS. The summed E-state index contributed by atoms with van der Waals surface area (Å²) in [6, 6.07) is 0. The number of nitrogens with one attached hydrogen (secondary N) is 1. The first-order chi connectivity index (χ1) is 6.38. The van der Waals surface area contributed by atoms with E-state index in [1.54, 1.807) is 0 Å². The molecule has 1 aromatic rings. The third-order valence-electron chi connectivity index (χ3n) is 1.41. The van der Waals surface area contributed by atoms with Crippen molar-refractivity contribution in [1.29, 1.82) is 0 Å². The smallest absolute Gasteiger partial charge is 0.282 e. The lowest BCUT2D eigenvalue weighted by atomic mass is 9.97. The van der Waals surface area contributed by atoms with Crippen molar-refractivity contribution in [2.75, 3.05) is 12.3 Å². The molecule has 0 fully saturated rings. The number of hydrogen-bond donors (Lipinski definition) is 2. The van der Waals surface area contributed by atoms with Gasteiger partial charge in [0.2, 0.25) is 10.1 Å². The van der Waals surface area contributed by atoms with Gasteiger partial charge in [0.25, 0.3) is 5.91 Å². The normalized spacial score (nSPS) is 11.4. The van der Waals surface area contributed by atoms with Gasteiger partial charge < -0.3 is 11.1 Å². The Morgan fingerprint density at radius 3 is 2.57 bits per heavy atom. The van der Waals surface area contributed by atoms with Gasteiger partial charge in [0.15, 0.2) is 0 Å². The highest BCUT2D eigenvalue weighted by atomic mass is 32.1. The molecule has 14 heavy (non-hydrogen) atoms. The molecule has 0 unspecified atom stereocenters. The first-order valence-corrected chi connectivity index (χ1v) is 5.07. The molecule has 0 aliphatic heterocycles. The van der Waals surface area contributed by atoms with Crippen molar-refractivity contribution >= 4 is 22.4 Å². The largest absolute Gasteiger partial charge is 0.374 e. The lowest BCUT2D eigenvalue weighted by molar-refractivity contribution is 0.0938. The van der Waals surface area contributed by atoms with E-state index in [0.29, 0.717) is 16.7 Å². The number of anilines is 1. The average Bonchev–Trinajstić information content (AvgIpc) is 2.46. The quantitative estimate of drug-likeness (QED) is 0.766. The molecule has 0 aromatic carbocycles. The van der Waals surface area contributed by atoms with Crippen molar-refractivity contribution in [3.05, 3.63) is 5.01 Å². The maximum atomic E-state index is 11.4. The van der Waals surface area contributed by atoms with Crippen LogP contribution in [0.2, 0.25) is 0 Å². The molecule has 0 aliphatic carbocycles. The van der Waals surface area contributed by atoms with Gasteiger partial charge in [-0.15, -0.1) is 10.2 Å². The molecule has 0 atom stereocenters. The van der Waals surface area contributed by atoms with Gasteiger partial charge in [-0.1, -0.05) is 32.1 Å². The Labute approximate surface area is 86.7 Å². The summed E-state index contributed by atoms with van der Waals surface area (Å²) < 4.78 is 0. The van der Waals surface area contributed by atoms with Crippen molar-refractivity contribution in [1.82, 2.24) is 15.5 Å². The van der Waals surface area contributed by atoms with Crippen LogP contribution in [0.25, 0.3) is 0 Å². The Balaban J connectivity index is 2.52. The van der Waals surface area contributed by atoms with E-state index in [2.05, 4.69) is 15.5 Å². The lowest BCUT2D eigenvalue weighted by Crippen LogP contribution is -2.32. The molecule has 0 saturated carbocycles. The summed E-state index contributed by atoms with van der Waals surface area (Å²) in [5.41, 5.74) is 5.42. The maximum absolute atomic E-state index is 11.4. The average molecular weight is 214 g/mol. The number of carbonyl (C=O) groups excluding carboxylic acids is 1. The van der Waals surface area contributed by atoms with Crippen molar-refractivity contribution in [2.45, 2.75) is 20.8 Å². The van der Waals surface area contributed by atoms with Gasteiger partial charge in [-0.3, -0.25) is 4.79 Å². The van der Waals surface area contributed by atoms with Crippen molar-refractivity contribution < 1.29 is 4.79 Å². The Bertz CT molecular complexity index is 328. The van der Waals surface area contributed by atoms with Crippen LogP contribution in [0, 0.1) is 5.41 Å². The topological polar surface area (TPSA) is 80.9 Å². The minimum atomic E-state index is -0.214. The number of rotatable bonds is 2. The fourth-order valence-corrected chi connectivity index (χ4v) is 1.27. The second-order valence-corrected chi connectivity index (χ2v) is 5.20. The zero-order chi connectivity index (χ0) is 10.8. The second kappa shape index (κ2) is 3.91. The fourth-order valence-electron chi connectivity index (χ4n) is 0.747. The molecule has 0 bridgehead atoms. The standard InChI is InChI=1S/C8H14N4OS/c1-8(2,3)4-10-5(13)6-11-12-7(9)14-6/h4H2,1-3H3,(H2,9,12)(H,10,13). The third kappa shape index (κ3) is 3.29. The van der Waals surface area contributed by atoms with E-state index in [1.165, 1.54) is 0 Å². The predicted octanol–water partition coefficient (Wildman–Crippen LogP) is 0.896. The Morgan fingerprint density at radius 2 is 2.14 bits per heavy atom. The van der Waals surface area contributed by atoms with Crippen LogP contribution in [-0.2, 0) is 0 Å². The molecule has 1 rings (SSSR count). The van der Waals surface area contributed by atoms with Gasteiger partial charge in [-0.05, 0) is 5.41 Å². The van der Waals surface area contributed by atoms with Gasteiger partial charge in [-0.2, -0.15) is 0 Å². The summed E-state index contributed by atoms with van der Waals surface area (Å²) in [7, 11) is 0. The summed E-state index contributed by atoms with van der Waals surface area (Å²) >= 11 is 1.09. The predicted molar refractivity (Wildman–Crippen MR) is 56.1 cm³/mol. The number of nitrogen functional groups attached to an aromatic ring is 1. The van der Waals surface area contributed by atoms with Crippen LogP contribution < -0.4 is 11.1 Å². The number of aromatic nitrogens is 2. The van der Waals surface area contributed by atoms with Gasteiger partial charge in [0.05, 0.1) is 0 Å². The van der Waals surface area contributed by atoms with Crippen LogP contribution in [0.5, 0.6) is 0 Å². The summed E-state index contributed by atoms with van der Waals surface area (Å²) in [6.45, 7) is 6.73. The molecule has 3 N–H and O–H groups in total. The zero-order valence-electron chi connectivity index (χ0n) is 8.50. The third-order valence-corrected chi connectivity index (χ3v) is 2.17. The van der Waals surface area contributed by atoms with E-state index < -0.39 is 0 Å². The first kappa shape index (κ1) is 10.9. The Kier molecular flexibility index (Phi) is 3.05. The minimum absolute atomic E-state index is 0.0614. The molecule has 1 amide bonds. The Hall–Kier alpha value is -1.17. The van der Waals surface area contributed by atoms with E-state index in [4.69, 9.17) is 5.73 Å². The number of carbonyl (C=O) groups is 1. The van der Waals surface area contributed by atoms with E-state index in [-0.39, 0.29) is 11.3 Å². The molecule has 78 valence electrons. The molecule has 1 heterocycles. The summed E-state index contributed by atoms with van der Waals surface area (Å²) in [6.07, 6.45) is 0. The van der Waals surface area contributed by atoms with Crippen molar-refractivity contribution in [2.24, 2.45) is 5.41 Å². The SMILES string of the molecule is CC(C)(C)CNC(=O)c1nnc(N)s1. The lowest BCUT2D eigenvalue weighted by Gasteiger charge is -2.17. The van der Waals surface area contributed by atoms with E-state index in [9.17, 15) is 4.79 Å². The highest BCUT2D eigenvalue weighted by Gasteiger charge is 2.15. The van der Waals surface area contributed by atoms with Crippen LogP contribution in [0.4, 0.5) is 5.13 Å². The van der Waals surface area contributed by atoms with Gasteiger partial charge in [0.1, 0.15) is 0 Å². The molecule has 6 heteroatoms. The second-order valence-electron chi connectivity index (χ2n) is 4.19. The number of nitrogens with zero attached hydrogens (tertiary/aromatic N) is 2. The first-order valence-electron chi connectivity index (χ1n) is 4.26. The summed E-state index contributed by atoms with van der Waals surface area (Å²) in [4.78, 5) is 11.4. The van der Waals surface area contributed by atoms with Gasteiger partial charge in [0, 0.05) is 6.54 Å². The van der Waals surface area contributed by atoms with Crippen molar-refractivity contribution in [3.63, 3.8) is 0 Å². The highest BCUT2D eigenvalue weighted by molar-refractivity contribution is 7.16. The summed E-state index contributed by atoms with van der Waals surface area (Å²) in [5, 5.41) is 10.6. The monoisotopic (exact) mass is 214 g/mol. The number of amides is 1. The van der Waals surface area contributed by atoms with E-state index >= 15 is 0 Å². The number of nitrogens with two attached hydrogens (primary N) is 1. The molecular weight excluding hydrogens is 200 g/mol. The highest BCUT2D eigenvalue weighted by Crippen LogP contribution is 2.13. The Morgan fingerprint density at radius 1 is 1.50 bits per heavy atom. The zero-order valence-corrected chi connectivity index (χ0v) is 9.31. The molecule has 0 saturated heterocycles. The molecule has 0 spiro atoms. The maximum Gasteiger partial charge on any atom is 0.282 e. The van der Waals surface area contributed by atoms with Crippen LogP contribution in [0.1, 0.15) is 30.6 Å². The molecule has 5 nitrogen and oxygen atoms in total. The summed E-state index contributed by atoms with van der Waals surface area (Å²) in [5.74, 6) is -0.214. The van der Waals surface area contributed by atoms with Gasteiger partial charge >= 0.3 is 0 Å². The molecule has 0 radical (unpaired) electrons. The van der Waals surface area contributed by atoms with Crippen LogP contribution in [0.3, 0.4) is 0 Å². The minimum Gasteiger partial charge on any atom is -0.374 e.